The number of amides is 1. The van der Waals surface area contributed by atoms with Crippen molar-refractivity contribution in [2.75, 3.05) is 5.32 Å². The van der Waals surface area contributed by atoms with Crippen molar-refractivity contribution in [3.05, 3.63) is 83.8 Å². The molecule has 0 spiro atoms. The van der Waals surface area contributed by atoms with Crippen molar-refractivity contribution in [3.63, 3.8) is 0 Å². The van der Waals surface area contributed by atoms with E-state index in [1.165, 1.54) is 6.33 Å². The van der Waals surface area contributed by atoms with Crippen LogP contribution in [0.2, 0.25) is 0 Å². The van der Waals surface area contributed by atoms with Crippen LogP contribution in [0.5, 0.6) is 5.88 Å². The molecule has 6 heteroatoms. The number of anilines is 1. The van der Waals surface area contributed by atoms with E-state index < -0.39 is 0 Å². The van der Waals surface area contributed by atoms with Crippen LogP contribution in [0.3, 0.4) is 0 Å². The minimum atomic E-state index is -0.278. The van der Waals surface area contributed by atoms with Crippen LogP contribution in [0, 0.1) is 0 Å². The maximum absolute atomic E-state index is 12.4. The molecule has 6 nitrogen and oxygen atoms in total. The molecule has 3 N–H and O–H groups in total. The molecule has 1 atom stereocenters. The number of carbonyl (C=O) groups is 1. The topological polar surface area (TPSA) is 90.1 Å². The van der Waals surface area contributed by atoms with Gasteiger partial charge in [0.2, 0.25) is 5.88 Å². The van der Waals surface area contributed by atoms with Gasteiger partial charge in [0.15, 0.2) is 0 Å². The number of hydrogen-bond donors (Lipinski definition) is 2. The maximum Gasteiger partial charge on any atom is 0.255 e. The van der Waals surface area contributed by atoms with Gasteiger partial charge in [-0.1, -0.05) is 30.3 Å². The maximum atomic E-state index is 12.4. The highest BCUT2D eigenvalue weighted by Gasteiger charge is 2.12. The number of carbonyl (C=O) groups excluding carboxylic acids is 1. The Bertz CT molecular complexity index is 884. The molecule has 3 rings (SSSR count). The van der Waals surface area contributed by atoms with Crippen LogP contribution in [0.1, 0.15) is 34.6 Å². The smallest absolute Gasteiger partial charge is 0.255 e. The van der Waals surface area contributed by atoms with E-state index in [1.807, 2.05) is 55.5 Å². The SMILES string of the molecule is CC(Oc1cc(CN)ncn1)c1cccc(C(=O)Nc2ccccc2)c1. The molecule has 1 amide bonds. The number of para-hydroxylation sites is 1. The molecule has 1 heterocycles. The molecule has 0 aliphatic carbocycles. The van der Waals surface area contributed by atoms with Gasteiger partial charge in [-0.3, -0.25) is 4.79 Å². The van der Waals surface area contributed by atoms with Crippen molar-refractivity contribution in [1.82, 2.24) is 9.97 Å². The summed E-state index contributed by atoms with van der Waals surface area (Å²) in [4.78, 5) is 20.6. The Hall–Kier alpha value is -3.25. The molecule has 0 saturated carbocycles. The Morgan fingerprint density at radius 2 is 1.92 bits per heavy atom. The molecule has 132 valence electrons. The summed E-state index contributed by atoms with van der Waals surface area (Å²) in [6.07, 6.45) is 1.15. The van der Waals surface area contributed by atoms with E-state index in [4.69, 9.17) is 10.5 Å². The predicted octanol–water partition coefficient (Wildman–Crippen LogP) is 3.33. The van der Waals surface area contributed by atoms with Crippen molar-refractivity contribution < 1.29 is 9.53 Å². The molecular formula is C20H20N4O2. The van der Waals surface area contributed by atoms with Crippen molar-refractivity contribution >= 4 is 11.6 Å². The monoisotopic (exact) mass is 348 g/mol. The predicted molar refractivity (Wildman–Crippen MR) is 99.8 cm³/mol. The van der Waals surface area contributed by atoms with Gasteiger partial charge in [-0.2, -0.15) is 0 Å². The van der Waals surface area contributed by atoms with Gasteiger partial charge < -0.3 is 15.8 Å². The molecule has 3 aromatic rings. The highest BCUT2D eigenvalue weighted by atomic mass is 16.5. The van der Waals surface area contributed by atoms with E-state index in [-0.39, 0.29) is 12.0 Å². The molecule has 0 fully saturated rings. The van der Waals surface area contributed by atoms with E-state index in [0.717, 1.165) is 11.3 Å². The van der Waals surface area contributed by atoms with Crippen molar-refractivity contribution in [3.8, 4) is 5.88 Å². The molecule has 0 saturated heterocycles. The van der Waals surface area contributed by atoms with E-state index in [0.29, 0.717) is 23.7 Å². The second kappa shape index (κ2) is 8.22. The van der Waals surface area contributed by atoms with Crippen LogP contribution in [0.4, 0.5) is 5.69 Å². The number of nitrogens with two attached hydrogens (primary N) is 1. The highest BCUT2D eigenvalue weighted by molar-refractivity contribution is 6.04. The Balaban J connectivity index is 1.72. The summed E-state index contributed by atoms with van der Waals surface area (Å²) >= 11 is 0. The lowest BCUT2D eigenvalue weighted by molar-refractivity contribution is 0.102. The van der Waals surface area contributed by atoms with Gasteiger partial charge in [0.25, 0.3) is 5.91 Å². The Labute approximate surface area is 152 Å². The summed E-state index contributed by atoms with van der Waals surface area (Å²) in [5.41, 5.74) is 8.48. The van der Waals surface area contributed by atoms with Crippen LogP contribution in [-0.2, 0) is 6.54 Å². The fourth-order valence-electron chi connectivity index (χ4n) is 2.46. The van der Waals surface area contributed by atoms with Gasteiger partial charge in [0, 0.05) is 23.9 Å². The quantitative estimate of drug-likeness (QED) is 0.713. The fourth-order valence-corrected chi connectivity index (χ4v) is 2.46. The van der Waals surface area contributed by atoms with E-state index >= 15 is 0 Å². The minimum absolute atomic E-state index is 0.169. The third-order valence-corrected chi connectivity index (χ3v) is 3.86. The van der Waals surface area contributed by atoms with Gasteiger partial charge in [0.1, 0.15) is 12.4 Å². The molecule has 0 aliphatic heterocycles. The lowest BCUT2D eigenvalue weighted by atomic mass is 10.1. The summed E-state index contributed by atoms with van der Waals surface area (Å²) in [6.45, 7) is 2.22. The van der Waals surface area contributed by atoms with Crippen LogP contribution < -0.4 is 15.8 Å². The third kappa shape index (κ3) is 4.43. The number of aromatic nitrogens is 2. The zero-order chi connectivity index (χ0) is 18.4. The average molecular weight is 348 g/mol. The number of benzene rings is 2. The van der Waals surface area contributed by atoms with Crippen molar-refractivity contribution in [1.29, 1.82) is 0 Å². The first-order chi connectivity index (χ1) is 12.7. The lowest BCUT2D eigenvalue weighted by Gasteiger charge is -2.15. The minimum Gasteiger partial charge on any atom is -0.470 e. The number of ether oxygens (including phenoxy) is 1. The van der Waals surface area contributed by atoms with Crippen LogP contribution in [0.15, 0.2) is 67.0 Å². The van der Waals surface area contributed by atoms with E-state index in [2.05, 4.69) is 15.3 Å². The first-order valence-corrected chi connectivity index (χ1v) is 8.29. The second-order valence-corrected chi connectivity index (χ2v) is 5.76. The fraction of sp³-hybridized carbons (Fsp3) is 0.150. The van der Waals surface area contributed by atoms with Gasteiger partial charge in [-0.25, -0.2) is 9.97 Å². The summed E-state index contributed by atoms with van der Waals surface area (Å²) in [5.74, 6) is 0.282. The lowest BCUT2D eigenvalue weighted by Crippen LogP contribution is -2.13. The van der Waals surface area contributed by atoms with Gasteiger partial charge >= 0.3 is 0 Å². The molecule has 1 unspecified atom stereocenters. The summed E-state index contributed by atoms with van der Waals surface area (Å²) < 4.78 is 5.86. The highest BCUT2D eigenvalue weighted by Crippen LogP contribution is 2.21. The van der Waals surface area contributed by atoms with Crippen molar-refractivity contribution in [2.24, 2.45) is 5.73 Å². The van der Waals surface area contributed by atoms with Gasteiger partial charge in [-0.05, 0) is 36.8 Å². The summed E-state index contributed by atoms with van der Waals surface area (Å²) in [6, 6.07) is 18.4. The Kier molecular flexibility index (Phi) is 5.56. The Morgan fingerprint density at radius 1 is 1.12 bits per heavy atom. The molecule has 2 aromatic carbocycles. The standard InChI is InChI=1S/C20H20N4O2/c1-14(26-19-11-18(12-21)22-13-23-19)15-6-5-7-16(10-15)20(25)24-17-8-3-2-4-9-17/h2-11,13-14H,12,21H2,1H3,(H,24,25). The number of nitrogens with zero attached hydrogens (tertiary/aromatic N) is 2. The van der Waals surface area contributed by atoms with Gasteiger partial charge in [-0.15, -0.1) is 0 Å². The van der Waals surface area contributed by atoms with Crippen molar-refractivity contribution in [2.45, 2.75) is 19.6 Å². The second-order valence-electron chi connectivity index (χ2n) is 5.76. The largest absolute Gasteiger partial charge is 0.470 e. The molecule has 26 heavy (non-hydrogen) atoms. The van der Waals surface area contributed by atoms with Gasteiger partial charge in [0.05, 0.1) is 5.69 Å². The van der Waals surface area contributed by atoms with E-state index in [1.54, 1.807) is 12.1 Å². The molecule has 0 bridgehead atoms. The van der Waals surface area contributed by atoms with Crippen LogP contribution in [-0.4, -0.2) is 15.9 Å². The number of hydrogen-bond acceptors (Lipinski definition) is 5. The molecule has 1 aromatic heterocycles. The first kappa shape index (κ1) is 17.6. The third-order valence-electron chi connectivity index (χ3n) is 3.86. The Morgan fingerprint density at radius 3 is 2.69 bits per heavy atom. The number of nitrogens with one attached hydrogen (secondary N) is 1. The zero-order valence-corrected chi connectivity index (χ0v) is 14.4. The normalized spacial score (nSPS) is 11.6. The summed E-state index contributed by atoms with van der Waals surface area (Å²) in [5, 5.41) is 2.87. The van der Waals surface area contributed by atoms with E-state index in [9.17, 15) is 4.79 Å². The molecular weight excluding hydrogens is 328 g/mol. The first-order valence-electron chi connectivity index (χ1n) is 8.29. The van der Waals surface area contributed by atoms with Crippen LogP contribution in [0.25, 0.3) is 0 Å². The van der Waals surface area contributed by atoms with Crippen LogP contribution >= 0.6 is 0 Å². The average Bonchev–Trinajstić information content (AvgIpc) is 2.69. The zero-order valence-electron chi connectivity index (χ0n) is 14.4. The number of rotatable bonds is 6. The molecule has 0 aliphatic rings. The molecule has 0 radical (unpaired) electrons. The summed E-state index contributed by atoms with van der Waals surface area (Å²) in [7, 11) is 0.